The highest BCUT2D eigenvalue weighted by molar-refractivity contribution is 5.77. The van der Waals surface area contributed by atoms with Crippen LogP contribution in [0.3, 0.4) is 0 Å². The van der Waals surface area contributed by atoms with Gasteiger partial charge in [0.2, 0.25) is 5.91 Å². The molecule has 0 N–H and O–H groups in total. The standard InChI is InChI=1S/C17H30N2O4/c1-5-17(22-12-14(20)18-9-6-7-10-18)8-11-19(13-17)15(21)23-16(2,3)4/h5-13H2,1-4H3. The summed E-state index contributed by atoms with van der Waals surface area (Å²) < 4.78 is 11.4. The second kappa shape index (κ2) is 7.07. The van der Waals surface area contributed by atoms with Crippen LogP contribution >= 0.6 is 0 Å². The normalized spacial score (nSPS) is 25.0. The molecule has 2 amide bonds. The molecular weight excluding hydrogens is 296 g/mol. The Morgan fingerprint density at radius 1 is 1.09 bits per heavy atom. The first kappa shape index (κ1) is 18.0. The molecule has 2 rings (SSSR count). The molecule has 6 nitrogen and oxygen atoms in total. The first-order valence-corrected chi connectivity index (χ1v) is 8.64. The van der Waals surface area contributed by atoms with Crippen molar-refractivity contribution in [1.82, 2.24) is 9.80 Å². The van der Waals surface area contributed by atoms with E-state index in [1.165, 1.54) is 0 Å². The molecule has 2 aliphatic rings. The lowest BCUT2D eigenvalue weighted by molar-refractivity contribution is -0.142. The third-order valence-electron chi connectivity index (χ3n) is 4.57. The molecule has 2 saturated heterocycles. The van der Waals surface area contributed by atoms with E-state index in [9.17, 15) is 9.59 Å². The number of carbonyl (C=O) groups excluding carboxylic acids is 2. The van der Waals surface area contributed by atoms with Gasteiger partial charge >= 0.3 is 6.09 Å². The predicted molar refractivity (Wildman–Crippen MR) is 87.2 cm³/mol. The van der Waals surface area contributed by atoms with Gasteiger partial charge in [-0.3, -0.25) is 4.79 Å². The summed E-state index contributed by atoms with van der Waals surface area (Å²) in [6.45, 7) is 10.5. The van der Waals surface area contributed by atoms with Crippen LogP contribution in [-0.2, 0) is 14.3 Å². The van der Waals surface area contributed by atoms with E-state index in [1.54, 1.807) is 4.90 Å². The maximum atomic E-state index is 12.2. The predicted octanol–water partition coefficient (Wildman–Crippen LogP) is 2.42. The van der Waals surface area contributed by atoms with Crippen molar-refractivity contribution < 1.29 is 19.1 Å². The van der Waals surface area contributed by atoms with Gasteiger partial charge in [0.25, 0.3) is 0 Å². The molecule has 0 aromatic heterocycles. The zero-order valence-electron chi connectivity index (χ0n) is 14.9. The van der Waals surface area contributed by atoms with E-state index >= 15 is 0 Å². The molecule has 1 atom stereocenters. The zero-order chi connectivity index (χ0) is 17.1. The van der Waals surface area contributed by atoms with Crippen LogP contribution < -0.4 is 0 Å². The Hall–Kier alpha value is -1.30. The minimum atomic E-state index is -0.499. The second-order valence-corrected chi connectivity index (χ2v) is 7.57. The molecule has 6 heteroatoms. The van der Waals surface area contributed by atoms with Gasteiger partial charge in [0.15, 0.2) is 0 Å². The van der Waals surface area contributed by atoms with Gasteiger partial charge in [-0.05, 0) is 46.5 Å². The number of rotatable bonds is 4. The Morgan fingerprint density at radius 3 is 2.30 bits per heavy atom. The summed E-state index contributed by atoms with van der Waals surface area (Å²) in [7, 11) is 0. The van der Waals surface area contributed by atoms with Gasteiger partial charge < -0.3 is 19.3 Å². The van der Waals surface area contributed by atoms with Gasteiger partial charge in [-0.15, -0.1) is 0 Å². The number of amides is 2. The van der Waals surface area contributed by atoms with Crippen molar-refractivity contribution in [3.63, 3.8) is 0 Å². The molecule has 23 heavy (non-hydrogen) atoms. The van der Waals surface area contributed by atoms with Crippen molar-refractivity contribution in [2.24, 2.45) is 0 Å². The minimum Gasteiger partial charge on any atom is -0.444 e. The number of nitrogens with zero attached hydrogens (tertiary/aromatic N) is 2. The molecular formula is C17H30N2O4. The molecule has 0 saturated carbocycles. The average Bonchev–Trinajstić information content (AvgIpc) is 3.13. The quantitative estimate of drug-likeness (QED) is 0.796. The molecule has 0 aromatic rings. The topological polar surface area (TPSA) is 59.1 Å². The summed E-state index contributed by atoms with van der Waals surface area (Å²) >= 11 is 0. The number of ether oxygens (including phenoxy) is 2. The van der Waals surface area contributed by atoms with Gasteiger partial charge in [0.1, 0.15) is 12.2 Å². The van der Waals surface area contributed by atoms with Crippen molar-refractivity contribution in [2.45, 2.75) is 64.6 Å². The van der Waals surface area contributed by atoms with E-state index < -0.39 is 11.2 Å². The third kappa shape index (κ3) is 4.83. The number of hydrogen-bond acceptors (Lipinski definition) is 4. The maximum absolute atomic E-state index is 12.2. The van der Waals surface area contributed by atoms with Gasteiger partial charge in [-0.25, -0.2) is 4.79 Å². The number of carbonyl (C=O) groups is 2. The lowest BCUT2D eigenvalue weighted by atomic mass is 10.00. The summed E-state index contributed by atoms with van der Waals surface area (Å²) in [5.74, 6) is 0.0612. The van der Waals surface area contributed by atoms with E-state index in [-0.39, 0.29) is 18.6 Å². The Bertz CT molecular complexity index is 440. The first-order valence-electron chi connectivity index (χ1n) is 8.64. The first-order chi connectivity index (χ1) is 10.7. The lowest BCUT2D eigenvalue weighted by Gasteiger charge is -2.30. The van der Waals surface area contributed by atoms with Crippen molar-refractivity contribution in [2.75, 3.05) is 32.8 Å². The summed E-state index contributed by atoms with van der Waals surface area (Å²) in [6, 6.07) is 0. The molecule has 0 aromatic carbocycles. The summed E-state index contributed by atoms with van der Waals surface area (Å²) in [5.41, 5.74) is -0.923. The van der Waals surface area contributed by atoms with Crippen molar-refractivity contribution in [3.05, 3.63) is 0 Å². The van der Waals surface area contributed by atoms with Crippen LogP contribution in [-0.4, -0.2) is 65.8 Å². The highest BCUT2D eigenvalue weighted by atomic mass is 16.6. The minimum absolute atomic E-state index is 0.0612. The van der Waals surface area contributed by atoms with Crippen LogP contribution in [0, 0.1) is 0 Å². The average molecular weight is 326 g/mol. The smallest absolute Gasteiger partial charge is 0.410 e. The van der Waals surface area contributed by atoms with Crippen LogP contribution in [0.2, 0.25) is 0 Å². The van der Waals surface area contributed by atoms with E-state index in [0.29, 0.717) is 13.1 Å². The Morgan fingerprint density at radius 2 is 1.74 bits per heavy atom. The molecule has 2 heterocycles. The van der Waals surface area contributed by atoms with Gasteiger partial charge in [-0.2, -0.15) is 0 Å². The van der Waals surface area contributed by atoms with Gasteiger partial charge in [-0.1, -0.05) is 6.92 Å². The lowest BCUT2D eigenvalue weighted by Crippen LogP contribution is -2.42. The molecule has 2 aliphatic heterocycles. The molecule has 0 aliphatic carbocycles. The maximum Gasteiger partial charge on any atom is 0.410 e. The monoisotopic (exact) mass is 326 g/mol. The second-order valence-electron chi connectivity index (χ2n) is 7.57. The summed E-state index contributed by atoms with van der Waals surface area (Å²) in [6.07, 6.45) is 3.38. The van der Waals surface area contributed by atoms with E-state index in [2.05, 4.69) is 0 Å². The fourth-order valence-electron chi connectivity index (χ4n) is 3.11. The molecule has 1 unspecified atom stereocenters. The van der Waals surface area contributed by atoms with Gasteiger partial charge in [0, 0.05) is 19.6 Å². The summed E-state index contributed by atoms with van der Waals surface area (Å²) in [5, 5.41) is 0. The van der Waals surface area contributed by atoms with Crippen LogP contribution in [0.25, 0.3) is 0 Å². The Labute approximate surface area is 139 Å². The summed E-state index contributed by atoms with van der Waals surface area (Å²) in [4.78, 5) is 27.9. The fraction of sp³-hybridized carbons (Fsp3) is 0.882. The van der Waals surface area contributed by atoms with Crippen LogP contribution in [0.4, 0.5) is 4.79 Å². The van der Waals surface area contributed by atoms with Crippen LogP contribution in [0.5, 0.6) is 0 Å². The number of likely N-dealkylation sites (tertiary alicyclic amines) is 2. The molecule has 0 radical (unpaired) electrons. The molecule has 0 spiro atoms. The largest absolute Gasteiger partial charge is 0.444 e. The highest BCUT2D eigenvalue weighted by Gasteiger charge is 2.41. The zero-order valence-corrected chi connectivity index (χ0v) is 14.9. The fourth-order valence-corrected chi connectivity index (χ4v) is 3.11. The Balaban J connectivity index is 1.86. The molecule has 132 valence electrons. The molecule has 2 fully saturated rings. The van der Waals surface area contributed by atoms with Crippen molar-refractivity contribution in [3.8, 4) is 0 Å². The van der Waals surface area contributed by atoms with E-state index in [4.69, 9.17) is 9.47 Å². The van der Waals surface area contributed by atoms with Crippen LogP contribution in [0.15, 0.2) is 0 Å². The Kier molecular flexibility index (Phi) is 5.55. The van der Waals surface area contributed by atoms with E-state index in [0.717, 1.165) is 38.8 Å². The van der Waals surface area contributed by atoms with Gasteiger partial charge in [0.05, 0.1) is 12.1 Å². The van der Waals surface area contributed by atoms with Crippen molar-refractivity contribution >= 4 is 12.0 Å². The van der Waals surface area contributed by atoms with E-state index in [1.807, 2.05) is 32.6 Å². The third-order valence-corrected chi connectivity index (χ3v) is 4.57. The van der Waals surface area contributed by atoms with Crippen LogP contribution in [0.1, 0.15) is 53.4 Å². The molecule has 0 bridgehead atoms. The van der Waals surface area contributed by atoms with Crippen molar-refractivity contribution in [1.29, 1.82) is 0 Å². The SMILES string of the molecule is CCC1(OCC(=O)N2CCCC2)CCN(C(=O)OC(C)(C)C)C1. The number of hydrogen-bond donors (Lipinski definition) is 0. The highest BCUT2D eigenvalue weighted by Crippen LogP contribution is 2.30.